The molecular weight excluding hydrogens is 429 g/mol. The first-order valence-electron chi connectivity index (χ1n) is 8.13. The molecule has 3 rings (SSSR count). The molecular formula is C17H11F3N4O5S. The molecule has 3 aromatic rings. The summed E-state index contributed by atoms with van der Waals surface area (Å²) < 4.78 is 75.2. The molecule has 0 fully saturated rings. The zero-order chi connectivity index (χ0) is 21.9. The van der Waals surface area contributed by atoms with E-state index in [9.17, 15) is 26.4 Å². The standard InChI is InChI=1S/C17H11F3N4O5S/c18-17(19,20)12-8-11(4-3-10(12)9-21)30(26,27)24-14(25)5-6-15-22-16(23-29-15)13-2-1-7-28-13/h1-4,7-8H,5-6H2,(H,24,25). The highest BCUT2D eigenvalue weighted by molar-refractivity contribution is 7.90. The molecule has 0 aliphatic heterocycles. The SMILES string of the molecule is N#Cc1ccc(S(=O)(=O)NC(=O)CCc2nc(-c3ccco3)no2)cc1C(F)(F)F. The summed E-state index contributed by atoms with van der Waals surface area (Å²) in [7, 11) is -4.59. The molecule has 9 nitrogen and oxygen atoms in total. The van der Waals surface area contributed by atoms with E-state index in [4.69, 9.17) is 14.2 Å². The first kappa shape index (κ1) is 21.1. The van der Waals surface area contributed by atoms with E-state index in [0.29, 0.717) is 11.8 Å². The zero-order valence-corrected chi connectivity index (χ0v) is 15.6. The number of nitriles is 1. The molecule has 30 heavy (non-hydrogen) atoms. The molecule has 0 bridgehead atoms. The zero-order valence-electron chi connectivity index (χ0n) is 14.8. The number of nitrogens with zero attached hydrogens (tertiary/aromatic N) is 3. The second-order valence-electron chi connectivity index (χ2n) is 5.83. The van der Waals surface area contributed by atoms with Gasteiger partial charge >= 0.3 is 6.18 Å². The van der Waals surface area contributed by atoms with Crippen LogP contribution in [0.15, 0.2) is 50.4 Å². The predicted molar refractivity (Wildman–Crippen MR) is 91.8 cm³/mol. The van der Waals surface area contributed by atoms with Crippen molar-refractivity contribution in [1.29, 1.82) is 5.26 Å². The minimum absolute atomic E-state index is 0.0340. The molecule has 0 aliphatic rings. The van der Waals surface area contributed by atoms with Crippen LogP contribution < -0.4 is 4.72 Å². The lowest BCUT2D eigenvalue weighted by atomic mass is 10.1. The van der Waals surface area contributed by atoms with E-state index < -0.39 is 38.1 Å². The van der Waals surface area contributed by atoms with Gasteiger partial charge < -0.3 is 8.94 Å². The van der Waals surface area contributed by atoms with Gasteiger partial charge in [0.25, 0.3) is 10.0 Å². The van der Waals surface area contributed by atoms with Gasteiger partial charge in [-0.1, -0.05) is 5.16 Å². The summed E-state index contributed by atoms with van der Waals surface area (Å²) in [6, 6.07) is 6.35. The van der Waals surface area contributed by atoms with E-state index in [1.807, 2.05) is 0 Å². The van der Waals surface area contributed by atoms with E-state index in [2.05, 4.69) is 10.1 Å². The van der Waals surface area contributed by atoms with Crippen LogP contribution in [0.3, 0.4) is 0 Å². The van der Waals surface area contributed by atoms with Crippen molar-refractivity contribution in [3.8, 4) is 17.7 Å². The summed E-state index contributed by atoms with van der Waals surface area (Å²) in [6.07, 6.45) is -4.04. The van der Waals surface area contributed by atoms with Crippen molar-refractivity contribution in [2.75, 3.05) is 0 Å². The fraction of sp³-hybridized carbons (Fsp3) is 0.176. The molecule has 156 valence electrons. The predicted octanol–water partition coefficient (Wildman–Crippen LogP) is 2.66. The Labute approximate surface area is 167 Å². The van der Waals surface area contributed by atoms with E-state index in [1.165, 1.54) is 12.3 Å². The molecule has 0 atom stereocenters. The van der Waals surface area contributed by atoms with E-state index in [1.54, 1.807) is 16.9 Å². The first-order chi connectivity index (χ1) is 14.1. The Bertz CT molecular complexity index is 1210. The van der Waals surface area contributed by atoms with Crippen molar-refractivity contribution in [3.05, 3.63) is 53.6 Å². The average Bonchev–Trinajstić information content (AvgIpc) is 3.36. The number of aromatic nitrogens is 2. The summed E-state index contributed by atoms with van der Waals surface area (Å²) in [4.78, 5) is 15.1. The van der Waals surface area contributed by atoms with Gasteiger partial charge in [-0.3, -0.25) is 4.79 Å². The molecule has 2 aromatic heterocycles. The van der Waals surface area contributed by atoms with Crippen LogP contribution in [0.1, 0.15) is 23.4 Å². The van der Waals surface area contributed by atoms with Crippen LogP contribution in [-0.4, -0.2) is 24.5 Å². The molecule has 0 saturated heterocycles. The van der Waals surface area contributed by atoms with Crippen molar-refractivity contribution < 1.29 is 35.3 Å². The Hall–Kier alpha value is -3.66. The van der Waals surface area contributed by atoms with Gasteiger partial charge in [-0.15, -0.1) is 0 Å². The maximum absolute atomic E-state index is 13.0. The quantitative estimate of drug-likeness (QED) is 0.617. The number of carbonyl (C=O) groups is 1. The van der Waals surface area contributed by atoms with Crippen LogP contribution in [0.4, 0.5) is 13.2 Å². The number of rotatable bonds is 6. The van der Waals surface area contributed by atoms with E-state index >= 15 is 0 Å². The van der Waals surface area contributed by atoms with Gasteiger partial charge in [0, 0.05) is 12.8 Å². The number of hydrogen-bond donors (Lipinski definition) is 1. The fourth-order valence-corrected chi connectivity index (χ4v) is 3.40. The Morgan fingerprint density at radius 1 is 1.27 bits per heavy atom. The second kappa shape index (κ2) is 7.99. The topological polar surface area (TPSA) is 139 Å². The summed E-state index contributed by atoms with van der Waals surface area (Å²) in [5.41, 5.74) is -2.16. The van der Waals surface area contributed by atoms with Crippen molar-refractivity contribution in [2.45, 2.75) is 23.9 Å². The van der Waals surface area contributed by atoms with Crippen LogP contribution >= 0.6 is 0 Å². The highest BCUT2D eigenvalue weighted by atomic mass is 32.2. The Morgan fingerprint density at radius 2 is 2.03 bits per heavy atom. The van der Waals surface area contributed by atoms with Gasteiger partial charge in [-0.2, -0.15) is 23.4 Å². The highest BCUT2D eigenvalue weighted by Gasteiger charge is 2.35. The minimum atomic E-state index is -4.94. The molecule has 2 heterocycles. The molecule has 0 spiro atoms. The molecule has 0 aliphatic carbocycles. The number of alkyl halides is 3. The second-order valence-corrected chi connectivity index (χ2v) is 7.52. The van der Waals surface area contributed by atoms with Crippen LogP contribution in [-0.2, 0) is 27.4 Å². The first-order valence-corrected chi connectivity index (χ1v) is 9.62. The number of halogens is 3. The van der Waals surface area contributed by atoms with Crippen molar-refractivity contribution in [1.82, 2.24) is 14.9 Å². The Morgan fingerprint density at radius 3 is 2.67 bits per heavy atom. The van der Waals surface area contributed by atoms with Crippen molar-refractivity contribution in [3.63, 3.8) is 0 Å². The van der Waals surface area contributed by atoms with Crippen molar-refractivity contribution >= 4 is 15.9 Å². The Kier molecular flexibility index (Phi) is 5.61. The number of aryl methyl sites for hydroxylation is 1. The van der Waals surface area contributed by atoms with Gasteiger partial charge in [-0.05, 0) is 30.3 Å². The molecule has 0 saturated carbocycles. The third kappa shape index (κ3) is 4.66. The molecule has 0 unspecified atom stereocenters. The number of sulfonamides is 1. The van der Waals surface area contributed by atoms with E-state index in [-0.39, 0.29) is 24.6 Å². The molecule has 1 N–H and O–H groups in total. The summed E-state index contributed by atoms with van der Waals surface area (Å²) in [6.45, 7) is 0. The number of carbonyl (C=O) groups excluding carboxylic acids is 1. The monoisotopic (exact) mass is 440 g/mol. The highest BCUT2D eigenvalue weighted by Crippen LogP contribution is 2.33. The normalized spacial score (nSPS) is 11.8. The maximum atomic E-state index is 13.0. The van der Waals surface area contributed by atoms with Crippen LogP contribution in [0.5, 0.6) is 0 Å². The van der Waals surface area contributed by atoms with Crippen molar-refractivity contribution in [2.24, 2.45) is 0 Å². The smallest absolute Gasteiger partial charge is 0.417 e. The lowest BCUT2D eigenvalue weighted by Gasteiger charge is -2.11. The number of furan rings is 1. The third-order valence-corrected chi connectivity index (χ3v) is 5.12. The number of nitrogens with one attached hydrogen (secondary N) is 1. The van der Waals surface area contributed by atoms with Gasteiger partial charge in [-0.25, -0.2) is 13.1 Å². The third-order valence-electron chi connectivity index (χ3n) is 3.75. The molecule has 0 radical (unpaired) electrons. The fourth-order valence-electron chi connectivity index (χ4n) is 2.37. The lowest BCUT2D eigenvalue weighted by Crippen LogP contribution is -2.31. The minimum Gasteiger partial charge on any atom is -0.461 e. The summed E-state index contributed by atoms with van der Waals surface area (Å²) in [5.74, 6) is -0.490. The number of hydrogen-bond acceptors (Lipinski definition) is 8. The van der Waals surface area contributed by atoms with Crippen LogP contribution in [0.25, 0.3) is 11.6 Å². The molecule has 13 heteroatoms. The Balaban J connectivity index is 1.68. The average molecular weight is 440 g/mol. The van der Waals surface area contributed by atoms with Crippen LogP contribution in [0, 0.1) is 11.3 Å². The number of amides is 1. The largest absolute Gasteiger partial charge is 0.461 e. The summed E-state index contributed by atoms with van der Waals surface area (Å²) in [5, 5.41) is 12.4. The van der Waals surface area contributed by atoms with Crippen LogP contribution in [0.2, 0.25) is 0 Å². The molecule has 1 aromatic carbocycles. The maximum Gasteiger partial charge on any atom is 0.417 e. The number of benzene rings is 1. The van der Waals surface area contributed by atoms with Gasteiger partial charge in [0.05, 0.1) is 28.4 Å². The van der Waals surface area contributed by atoms with E-state index in [0.717, 1.165) is 12.1 Å². The summed E-state index contributed by atoms with van der Waals surface area (Å²) >= 11 is 0. The van der Waals surface area contributed by atoms with Gasteiger partial charge in [0.2, 0.25) is 17.6 Å². The van der Waals surface area contributed by atoms with Gasteiger partial charge in [0.15, 0.2) is 5.76 Å². The molecule has 1 amide bonds. The lowest BCUT2D eigenvalue weighted by molar-refractivity contribution is -0.137. The van der Waals surface area contributed by atoms with Gasteiger partial charge in [0.1, 0.15) is 0 Å².